The van der Waals surface area contributed by atoms with Gasteiger partial charge in [0.05, 0.1) is 21.3 Å². The number of fused-ring (bicyclic) bond motifs is 2. The minimum Gasteiger partial charge on any atom is -0.387 e. The summed E-state index contributed by atoms with van der Waals surface area (Å²) >= 11 is 1.32. The Morgan fingerprint density at radius 3 is 2.83 bits per heavy atom. The molecule has 1 saturated heterocycles. The Balaban J connectivity index is 1.32. The quantitative estimate of drug-likeness (QED) is 0.283. The van der Waals surface area contributed by atoms with Crippen LogP contribution in [-0.2, 0) is 16.6 Å². The second-order valence-electron chi connectivity index (χ2n) is 8.69. The van der Waals surface area contributed by atoms with Crippen LogP contribution in [0, 0.1) is 6.92 Å². The summed E-state index contributed by atoms with van der Waals surface area (Å²) < 4.78 is 10.0. The number of anilines is 2. The van der Waals surface area contributed by atoms with Crippen LogP contribution in [0.2, 0.25) is 0 Å². The summed E-state index contributed by atoms with van der Waals surface area (Å²) in [4.78, 5) is 25.9. The first-order valence-electron chi connectivity index (χ1n) is 11.1. The van der Waals surface area contributed by atoms with Gasteiger partial charge in [0.2, 0.25) is 0 Å². The molecule has 1 aromatic carbocycles. The highest BCUT2D eigenvalue weighted by Gasteiger charge is 2.48. The van der Waals surface area contributed by atoms with E-state index in [1.807, 2.05) is 31.2 Å². The number of hydrogen-bond donors (Lipinski definition) is 4. The predicted molar refractivity (Wildman–Crippen MR) is 133 cm³/mol. The van der Waals surface area contributed by atoms with Crippen molar-refractivity contribution in [3.05, 3.63) is 48.5 Å². The molecule has 1 amide bonds. The monoisotopic (exact) mass is 506 g/mol. The molecule has 0 radical (unpaired) electrons. The van der Waals surface area contributed by atoms with Crippen molar-refractivity contribution >= 4 is 49.4 Å². The smallest absolute Gasteiger partial charge is 0.258 e. The number of aryl methyl sites for hydroxylation is 2. The molecule has 4 aromatic heterocycles. The minimum absolute atomic E-state index is 0.229. The van der Waals surface area contributed by atoms with Crippen LogP contribution in [-0.4, -0.2) is 63.7 Å². The number of amides is 1. The second-order valence-corrected chi connectivity index (χ2v) is 9.72. The maximum Gasteiger partial charge on any atom is 0.258 e. The second kappa shape index (κ2) is 8.34. The van der Waals surface area contributed by atoms with Gasteiger partial charge in [0.25, 0.3) is 5.91 Å². The molecule has 5 aromatic rings. The molecule has 0 saturated carbocycles. The molecule has 0 aliphatic carbocycles. The average Bonchev–Trinajstić information content (AvgIpc) is 3.60. The van der Waals surface area contributed by atoms with Crippen molar-refractivity contribution in [3.63, 3.8) is 0 Å². The Morgan fingerprint density at radius 2 is 2.06 bits per heavy atom. The predicted octanol–water partition coefficient (Wildman–Crippen LogP) is 1.59. The molecule has 13 heteroatoms. The standard InChI is InChI=1S/C23H22N8O4S/c1-10-3-4-13-14(7-10)36-23(27-13)28-21(34)18-16(32)17(33)22(35-18)31-8-11(12-5-6-30(2)29-12)15-19(24)25-9-26-20(15)31/h3-9,16-18,22,32-33H,1-2H3,(H2,24,25,26)(H,27,28,34)/t16-,17+,18-,22+/m0/s1. The molecule has 1 aliphatic rings. The van der Waals surface area contributed by atoms with Crippen LogP contribution in [0.4, 0.5) is 10.9 Å². The molecule has 5 heterocycles. The zero-order valence-corrected chi connectivity index (χ0v) is 20.0. The SMILES string of the molecule is Cc1ccc2nc(NC(=O)[C@H]3O[C@@H](n4cc(-c5ccn(C)n5)c5c(N)ncnc54)[C@H](O)[C@@H]3O)sc2c1. The number of thiazole rings is 1. The lowest BCUT2D eigenvalue weighted by Crippen LogP contribution is -2.39. The molecule has 4 atom stereocenters. The summed E-state index contributed by atoms with van der Waals surface area (Å²) in [5.74, 6) is -0.386. The van der Waals surface area contributed by atoms with Crippen LogP contribution in [0.25, 0.3) is 32.5 Å². The van der Waals surface area contributed by atoms with Crippen molar-refractivity contribution in [2.45, 2.75) is 31.5 Å². The lowest BCUT2D eigenvalue weighted by atomic mass is 10.1. The summed E-state index contributed by atoms with van der Waals surface area (Å²) in [5.41, 5.74) is 9.62. The van der Waals surface area contributed by atoms with Gasteiger partial charge in [-0.25, -0.2) is 15.0 Å². The van der Waals surface area contributed by atoms with Gasteiger partial charge in [-0.05, 0) is 30.7 Å². The average molecular weight is 507 g/mol. The lowest BCUT2D eigenvalue weighted by Gasteiger charge is -2.17. The van der Waals surface area contributed by atoms with Crippen LogP contribution < -0.4 is 11.1 Å². The molecule has 1 aliphatic heterocycles. The number of nitrogens with two attached hydrogens (primary N) is 1. The van der Waals surface area contributed by atoms with Crippen LogP contribution in [0.1, 0.15) is 11.8 Å². The molecule has 0 spiro atoms. The molecule has 12 nitrogen and oxygen atoms in total. The highest BCUT2D eigenvalue weighted by atomic mass is 32.1. The van der Waals surface area contributed by atoms with E-state index in [1.165, 1.54) is 17.7 Å². The van der Waals surface area contributed by atoms with E-state index in [4.69, 9.17) is 10.5 Å². The number of carbonyl (C=O) groups excluding carboxylic acids is 1. The van der Waals surface area contributed by atoms with E-state index >= 15 is 0 Å². The number of ether oxygens (including phenoxy) is 1. The summed E-state index contributed by atoms with van der Waals surface area (Å²) in [5, 5.41) is 29.6. The summed E-state index contributed by atoms with van der Waals surface area (Å²) in [6.45, 7) is 1.98. The lowest BCUT2D eigenvalue weighted by molar-refractivity contribution is -0.132. The van der Waals surface area contributed by atoms with E-state index < -0.39 is 30.4 Å². The van der Waals surface area contributed by atoms with Crippen molar-refractivity contribution in [3.8, 4) is 11.3 Å². The van der Waals surface area contributed by atoms with Gasteiger partial charge in [-0.3, -0.25) is 14.8 Å². The molecule has 5 N–H and O–H groups in total. The number of nitrogens with one attached hydrogen (secondary N) is 1. The Labute approximate surface area is 208 Å². The van der Waals surface area contributed by atoms with Crippen molar-refractivity contribution in [2.75, 3.05) is 11.1 Å². The third-order valence-electron chi connectivity index (χ3n) is 6.17. The number of rotatable bonds is 4. The topological polar surface area (TPSA) is 166 Å². The van der Waals surface area contributed by atoms with Gasteiger partial charge < -0.3 is 25.3 Å². The highest BCUT2D eigenvalue weighted by Crippen LogP contribution is 2.38. The number of aromatic nitrogens is 6. The minimum atomic E-state index is -1.48. The number of benzene rings is 1. The van der Waals surface area contributed by atoms with Gasteiger partial charge >= 0.3 is 0 Å². The molecule has 1 fully saturated rings. The highest BCUT2D eigenvalue weighted by molar-refractivity contribution is 7.22. The fourth-order valence-electron chi connectivity index (χ4n) is 4.42. The Kier molecular flexibility index (Phi) is 5.22. The molecular weight excluding hydrogens is 484 g/mol. The van der Waals surface area contributed by atoms with Crippen molar-refractivity contribution in [2.24, 2.45) is 7.05 Å². The molecule has 6 rings (SSSR count). The maximum atomic E-state index is 13.0. The van der Waals surface area contributed by atoms with Crippen LogP contribution in [0.5, 0.6) is 0 Å². The van der Waals surface area contributed by atoms with E-state index in [0.29, 0.717) is 27.4 Å². The van der Waals surface area contributed by atoms with E-state index in [1.54, 1.807) is 28.7 Å². The fraction of sp³-hybridized carbons (Fsp3) is 0.261. The van der Waals surface area contributed by atoms with Crippen molar-refractivity contribution in [1.82, 2.24) is 29.3 Å². The number of aliphatic hydroxyl groups excluding tert-OH is 2. The van der Waals surface area contributed by atoms with Gasteiger partial charge in [-0.15, -0.1) is 0 Å². The molecular formula is C23H22N8O4S. The van der Waals surface area contributed by atoms with Gasteiger partial charge in [0.1, 0.15) is 30.0 Å². The van der Waals surface area contributed by atoms with Gasteiger partial charge in [0, 0.05) is 25.0 Å². The summed E-state index contributed by atoms with van der Waals surface area (Å²) in [7, 11) is 1.79. The van der Waals surface area contributed by atoms with Gasteiger partial charge in [-0.1, -0.05) is 17.4 Å². The number of aliphatic hydroxyl groups is 2. The zero-order chi connectivity index (χ0) is 25.1. The third-order valence-corrected chi connectivity index (χ3v) is 7.11. The van der Waals surface area contributed by atoms with E-state index in [0.717, 1.165) is 15.8 Å². The first kappa shape index (κ1) is 22.5. The number of hydrogen-bond acceptors (Lipinski definition) is 10. The largest absolute Gasteiger partial charge is 0.387 e. The van der Waals surface area contributed by atoms with Crippen molar-refractivity contribution in [1.29, 1.82) is 0 Å². The van der Waals surface area contributed by atoms with Gasteiger partial charge in [-0.2, -0.15) is 5.10 Å². The summed E-state index contributed by atoms with van der Waals surface area (Å²) in [6, 6.07) is 7.60. The molecule has 0 unspecified atom stereocenters. The molecule has 184 valence electrons. The van der Waals surface area contributed by atoms with E-state index in [9.17, 15) is 15.0 Å². The number of carbonyl (C=O) groups is 1. The maximum absolute atomic E-state index is 13.0. The first-order valence-corrected chi connectivity index (χ1v) is 11.9. The third kappa shape index (κ3) is 3.60. The zero-order valence-electron chi connectivity index (χ0n) is 19.2. The summed E-state index contributed by atoms with van der Waals surface area (Å²) in [6.07, 6.45) is -0.588. The van der Waals surface area contributed by atoms with E-state index in [2.05, 4.69) is 25.4 Å². The van der Waals surface area contributed by atoms with Crippen LogP contribution >= 0.6 is 11.3 Å². The van der Waals surface area contributed by atoms with E-state index in [-0.39, 0.29) is 5.82 Å². The molecule has 36 heavy (non-hydrogen) atoms. The van der Waals surface area contributed by atoms with Gasteiger partial charge in [0.15, 0.2) is 17.5 Å². The fourth-order valence-corrected chi connectivity index (χ4v) is 5.39. The number of nitrogens with zero attached hydrogens (tertiary/aromatic N) is 6. The normalized spacial score (nSPS) is 22.0. The number of nitrogen functional groups attached to an aromatic ring is 1. The first-order chi connectivity index (χ1) is 17.3. The van der Waals surface area contributed by atoms with Crippen molar-refractivity contribution < 1.29 is 19.7 Å². The Hall–Kier alpha value is -3.91. The molecule has 0 bridgehead atoms. The Bertz CT molecular complexity index is 1630. The Morgan fingerprint density at radius 1 is 1.22 bits per heavy atom. The van der Waals surface area contributed by atoms with Crippen LogP contribution in [0.15, 0.2) is 43.0 Å². The van der Waals surface area contributed by atoms with Crippen LogP contribution in [0.3, 0.4) is 0 Å².